The lowest BCUT2D eigenvalue weighted by Crippen LogP contribution is -2.27. The molecule has 112 valence electrons. The lowest BCUT2D eigenvalue weighted by Gasteiger charge is -2.17. The molecule has 0 fully saturated rings. The van der Waals surface area contributed by atoms with Gasteiger partial charge in [0.15, 0.2) is 0 Å². The molecule has 0 aromatic rings. The SMILES string of the molecule is CCOC(=O)/C=C/CCC=C=C(C(=O)OC)C(C)(C)O. The third-order valence-corrected chi connectivity index (χ3v) is 2.27. The van der Waals surface area contributed by atoms with Crippen molar-refractivity contribution in [1.82, 2.24) is 0 Å². The molecule has 0 atom stereocenters. The second-order valence-electron chi connectivity index (χ2n) is 4.51. The van der Waals surface area contributed by atoms with Crippen LogP contribution >= 0.6 is 0 Å². The highest BCUT2D eigenvalue weighted by Gasteiger charge is 2.26. The van der Waals surface area contributed by atoms with Gasteiger partial charge in [0, 0.05) is 6.08 Å². The van der Waals surface area contributed by atoms with Gasteiger partial charge in [0.05, 0.1) is 19.3 Å². The van der Waals surface area contributed by atoms with Crippen molar-refractivity contribution < 1.29 is 24.2 Å². The van der Waals surface area contributed by atoms with Crippen molar-refractivity contribution in [2.45, 2.75) is 39.2 Å². The molecular formula is C15H22O5. The zero-order chi connectivity index (χ0) is 15.6. The molecule has 0 rings (SSSR count). The molecule has 1 N–H and O–H groups in total. The van der Waals surface area contributed by atoms with Gasteiger partial charge in [-0.1, -0.05) is 6.08 Å². The first-order chi connectivity index (χ1) is 9.32. The van der Waals surface area contributed by atoms with Crippen LogP contribution in [0.3, 0.4) is 0 Å². The molecular weight excluding hydrogens is 260 g/mol. The van der Waals surface area contributed by atoms with Crippen molar-refractivity contribution in [2.24, 2.45) is 0 Å². The van der Waals surface area contributed by atoms with Crippen molar-refractivity contribution >= 4 is 11.9 Å². The molecule has 0 aromatic heterocycles. The van der Waals surface area contributed by atoms with Gasteiger partial charge >= 0.3 is 11.9 Å². The van der Waals surface area contributed by atoms with Gasteiger partial charge in [-0.15, -0.1) is 5.73 Å². The van der Waals surface area contributed by atoms with Gasteiger partial charge in [-0.05, 0) is 39.7 Å². The van der Waals surface area contributed by atoms with E-state index in [1.807, 2.05) is 0 Å². The third kappa shape index (κ3) is 7.56. The Morgan fingerprint density at radius 3 is 2.45 bits per heavy atom. The molecule has 0 saturated heterocycles. The topological polar surface area (TPSA) is 72.8 Å². The highest BCUT2D eigenvalue weighted by atomic mass is 16.5. The summed E-state index contributed by atoms with van der Waals surface area (Å²) in [6.45, 7) is 5.06. The van der Waals surface area contributed by atoms with Crippen molar-refractivity contribution in [3.05, 3.63) is 29.5 Å². The summed E-state index contributed by atoms with van der Waals surface area (Å²) >= 11 is 0. The summed E-state index contributed by atoms with van der Waals surface area (Å²) in [5.74, 6) is -0.991. The quantitative estimate of drug-likeness (QED) is 0.334. The number of ether oxygens (including phenoxy) is 2. The minimum Gasteiger partial charge on any atom is -0.465 e. The molecule has 0 aromatic carbocycles. The Kier molecular flexibility index (Phi) is 8.29. The molecule has 20 heavy (non-hydrogen) atoms. The number of carbonyl (C=O) groups is 2. The van der Waals surface area contributed by atoms with E-state index in [1.165, 1.54) is 27.0 Å². The standard InChI is InChI=1S/C15H22O5/c1-5-20-13(16)11-9-7-6-8-10-12(14(17)19-4)15(2,3)18/h8-9,11,18H,5-7H2,1-4H3/b11-9+. The minimum absolute atomic E-state index is 0.0642. The fraction of sp³-hybridized carbons (Fsp3) is 0.533. The Morgan fingerprint density at radius 2 is 1.95 bits per heavy atom. The van der Waals surface area contributed by atoms with Crippen LogP contribution in [0, 0.1) is 0 Å². The Hall–Kier alpha value is -1.84. The normalized spacial score (nSPS) is 10.8. The van der Waals surface area contributed by atoms with E-state index < -0.39 is 11.6 Å². The molecule has 0 aliphatic heterocycles. The van der Waals surface area contributed by atoms with Crippen molar-refractivity contribution in [3.63, 3.8) is 0 Å². The largest absolute Gasteiger partial charge is 0.465 e. The van der Waals surface area contributed by atoms with Crippen LogP contribution in [-0.4, -0.2) is 36.4 Å². The van der Waals surface area contributed by atoms with Gasteiger partial charge in [-0.2, -0.15) is 0 Å². The van der Waals surface area contributed by atoms with Crippen LogP contribution in [0.1, 0.15) is 33.6 Å². The summed E-state index contributed by atoms with van der Waals surface area (Å²) in [6, 6.07) is 0. The average Bonchev–Trinajstić information content (AvgIpc) is 2.35. The van der Waals surface area contributed by atoms with E-state index in [0.717, 1.165) is 0 Å². The maximum Gasteiger partial charge on any atom is 0.344 e. The van der Waals surface area contributed by atoms with Crippen LogP contribution < -0.4 is 0 Å². The van der Waals surface area contributed by atoms with Crippen LogP contribution in [0.25, 0.3) is 0 Å². The predicted octanol–water partition coefficient (Wildman–Crippen LogP) is 1.91. The highest BCUT2D eigenvalue weighted by molar-refractivity contribution is 5.90. The monoisotopic (exact) mass is 282 g/mol. The molecule has 5 nitrogen and oxygen atoms in total. The van der Waals surface area contributed by atoms with Crippen LogP contribution in [0.2, 0.25) is 0 Å². The van der Waals surface area contributed by atoms with Gasteiger partial charge in [-0.25, -0.2) is 9.59 Å². The summed E-state index contributed by atoms with van der Waals surface area (Å²) in [6.07, 6.45) is 5.84. The molecule has 0 spiro atoms. The minimum atomic E-state index is -1.32. The number of hydrogen-bond acceptors (Lipinski definition) is 5. The van der Waals surface area contributed by atoms with Crippen LogP contribution in [0.5, 0.6) is 0 Å². The first-order valence-corrected chi connectivity index (χ1v) is 6.42. The molecule has 0 unspecified atom stereocenters. The molecule has 0 saturated carbocycles. The number of rotatable bonds is 7. The van der Waals surface area contributed by atoms with Gasteiger partial charge in [0.2, 0.25) is 0 Å². The fourth-order valence-electron chi connectivity index (χ4n) is 1.31. The van der Waals surface area contributed by atoms with E-state index >= 15 is 0 Å². The van der Waals surface area contributed by atoms with E-state index in [4.69, 9.17) is 4.74 Å². The van der Waals surface area contributed by atoms with E-state index in [1.54, 1.807) is 19.1 Å². The number of carbonyl (C=O) groups excluding carboxylic acids is 2. The number of methoxy groups -OCH3 is 1. The number of allylic oxidation sites excluding steroid dienone is 1. The third-order valence-electron chi connectivity index (χ3n) is 2.27. The van der Waals surface area contributed by atoms with Gasteiger partial charge < -0.3 is 14.6 Å². The predicted molar refractivity (Wildman–Crippen MR) is 74.9 cm³/mol. The van der Waals surface area contributed by atoms with Crippen molar-refractivity contribution in [2.75, 3.05) is 13.7 Å². The molecule has 0 aliphatic carbocycles. The Bertz CT molecular complexity index is 420. The van der Waals surface area contributed by atoms with Crippen molar-refractivity contribution in [1.29, 1.82) is 0 Å². The number of unbranched alkanes of at least 4 members (excludes halogenated alkanes) is 1. The molecule has 0 aliphatic rings. The number of esters is 2. The first kappa shape index (κ1) is 18.2. The maximum absolute atomic E-state index is 11.5. The molecule has 5 heteroatoms. The summed E-state index contributed by atoms with van der Waals surface area (Å²) < 4.78 is 9.31. The summed E-state index contributed by atoms with van der Waals surface area (Å²) in [7, 11) is 1.25. The van der Waals surface area contributed by atoms with Gasteiger partial charge in [0.1, 0.15) is 5.57 Å². The summed E-state index contributed by atoms with van der Waals surface area (Å²) in [5.41, 5.74) is 1.49. The van der Waals surface area contributed by atoms with E-state index in [9.17, 15) is 14.7 Å². The van der Waals surface area contributed by atoms with E-state index in [-0.39, 0.29) is 11.5 Å². The van der Waals surface area contributed by atoms with Crippen LogP contribution in [0.4, 0.5) is 0 Å². The van der Waals surface area contributed by atoms with Gasteiger partial charge in [-0.3, -0.25) is 0 Å². The lowest BCUT2D eigenvalue weighted by atomic mass is 9.99. The second-order valence-corrected chi connectivity index (χ2v) is 4.51. The lowest BCUT2D eigenvalue weighted by molar-refractivity contribution is -0.138. The fourth-order valence-corrected chi connectivity index (χ4v) is 1.31. The Labute approximate surface area is 119 Å². The Balaban J connectivity index is 4.54. The Morgan fingerprint density at radius 1 is 1.30 bits per heavy atom. The molecule has 0 amide bonds. The van der Waals surface area contributed by atoms with Crippen molar-refractivity contribution in [3.8, 4) is 0 Å². The van der Waals surface area contributed by atoms with Gasteiger partial charge in [0.25, 0.3) is 0 Å². The van der Waals surface area contributed by atoms with Crippen LogP contribution in [0.15, 0.2) is 29.5 Å². The number of aliphatic hydroxyl groups is 1. The molecule has 0 radical (unpaired) electrons. The number of hydrogen-bond donors (Lipinski definition) is 1. The average molecular weight is 282 g/mol. The van der Waals surface area contributed by atoms with E-state index in [0.29, 0.717) is 19.4 Å². The zero-order valence-electron chi connectivity index (χ0n) is 12.4. The van der Waals surface area contributed by atoms with Crippen LogP contribution in [-0.2, 0) is 19.1 Å². The smallest absolute Gasteiger partial charge is 0.344 e. The summed E-state index contributed by atoms with van der Waals surface area (Å²) in [4.78, 5) is 22.5. The zero-order valence-corrected chi connectivity index (χ0v) is 12.4. The molecule has 0 heterocycles. The molecule has 0 bridgehead atoms. The second kappa shape index (κ2) is 9.13. The summed E-state index contributed by atoms with van der Waals surface area (Å²) in [5, 5.41) is 9.82. The highest BCUT2D eigenvalue weighted by Crippen LogP contribution is 2.15. The first-order valence-electron chi connectivity index (χ1n) is 6.42. The maximum atomic E-state index is 11.5. The van der Waals surface area contributed by atoms with E-state index in [2.05, 4.69) is 10.5 Å².